The van der Waals surface area contributed by atoms with Crippen molar-refractivity contribution in [2.45, 2.75) is 6.92 Å². The normalized spacial score (nSPS) is 10.1. The zero-order chi connectivity index (χ0) is 17.6. The number of ether oxygens (including phenoxy) is 1. The number of hydrogen-bond acceptors (Lipinski definition) is 7. The second-order valence-corrected chi connectivity index (χ2v) is 5.12. The summed E-state index contributed by atoms with van der Waals surface area (Å²) < 4.78 is 5.62. The smallest absolute Gasteiger partial charge is 0.248 e. The van der Waals surface area contributed by atoms with Crippen LogP contribution < -0.4 is 21.1 Å². The number of nitrogens with zero attached hydrogens (tertiary/aromatic N) is 3. The van der Waals surface area contributed by atoms with Crippen LogP contribution >= 0.6 is 0 Å². The number of benzene rings is 1. The van der Waals surface area contributed by atoms with Crippen LogP contribution in [0.3, 0.4) is 0 Å². The van der Waals surface area contributed by atoms with Gasteiger partial charge in [0.15, 0.2) is 5.82 Å². The Bertz CT molecular complexity index is 868. The van der Waals surface area contributed by atoms with Crippen molar-refractivity contribution in [3.05, 3.63) is 55.1 Å². The van der Waals surface area contributed by atoms with E-state index in [4.69, 9.17) is 10.5 Å². The molecule has 8 nitrogen and oxygen atoms in total. The Hall–Kier alpha value is -3.68. The van der Waals surface area contributed by atoms with E-state index in [2.05, 4.69) is 25.6 Å². The molecule has 8 heteroatoms. The quantitative estimate of drug-likeness (QED) is 0.656. The monoisotopic (exact) mass is 336 g/mol. The molecule has 0 radical (unpaired) electrons. The molecule has 25 heavy (non-hydrogen) atoms. The lowest BCUT2D eigenvalue weighted by Gasteiger charge is -2.12. The van der Waals surface area contributed by atoms with Gasteiger partial charge < -0.3 is 21.1 Å². The van der Waals surface area contributed by atoms with Gasteiger partial charge in [-0.15, -0.1) is 0 Å². The average molecular weight is 336 g/mol. The van der Waals surface area contributed by atoms with Crippen LogP contribution in [0.2, 0.25) is 0 Å². The highest BCUT2D eigenvalue weighted by atomic mass is 16.5. The first kappa shape index (κ1) is 16.2. The highest BCUT2D eigenvalue weighted by Crippen LogP contribution is 2.30. The van der Waals surface area contributed by atoms with Gasteiger partial charge in [-0.2, -0.15) is 4.98 Å². The van der Waals surface area contributed by atoms with Gasteiger partial charge in [0.2, 0.25) is 11.8 Å². The number of nitrogen functional groups attached to an aromatic ring is 1. The predicted octanol–water partition coefficient (Wildman–Crippen LogP) is 2.95. The molecule has 2 heterocycles. The maximum absolute atomic E-state index is 11.0. The zero-order valence-corrected chi connectivity index (χ0v) is 13.4. The minimum absolute atomic E-state index is 0.127. The molecule has 3 rings (SSSR count). The molecule has 3 aromatic rings. The Morgan fingerprint density at radius 3 is 2.56 bits per heavy atom. The van der Waals surface area contributed by atoms with Gasteiger partial charge in [-0.25, -0.2) is 4.98 Å². The average Bonchev–Trinajstić information content (AvgIpc) is 2.60. The second kappa shape index (κ2) is 7.26. The molecule has 0 spiro atoms. The number of anilines is 4. The molecule has 1 aromatic carbocycles. The lowest BCUT2D eigenvalue weighted by molar-refractivity contribution is -0.114. The Kier molecular flexibility index (Phi) is 4.70. The van der Waals surface area contributed by atoms with Gasteiger partial charge in [0, 0.05) is 24.5 Å². The van der Waals surface area contributed by atoms with E-state index in [0.29, 0.717) is 17.3 Å². The largest absolute Gasteiger partial charge is 0.435 e. The van der Waals surface area contributed by atoms with Crippen LogP contribution in [0.1, 0.15) is 6.92 Å². The van der Waals surface area contributed by atoms with Crippen molar-refractivity contribution in [2.75, 3.05) is 16.4 Å². The first-order chi connectivity index (χ1) is 12.1. The summed E-state index contributed by atoms with van der Waals surface area (Å²) in [6.45, 7) is 1.46. The summed E-state index contributed by atoms with van der Waals surface area (Å²) in [4.78, 5) is 23.2. The van der Waals surface area contributed by atoms with E-state index < -0.39 is 0 Å². The third kappa shape index (κ3) is 4.20. The van der Waals surface area contributed by atoms with E-state index in [1.165, 1.54) is 13.3 Å². The first-order valence-electron chi connectivity index (χ1n) is 7.45. The van der Waals surface area contributed by atoms with Crippen molar-refractivity contribution in [3.8, 4) is 11.6 Å². The van der Waals surface area contributed by atoms with Gasteiger partial charge in [0.1, 0.15) is 17.8 Å². The summed E-state index contributed by atoms with van der Waals surface area (Å²) >= 11 is 0. The van der Waals surface area contributed by atoms with Crippen molar-refractivity contribution in [2.24, 2.45) is 0 Å². The number of hydrogen-bond donors (Lipinski definition) is 3. The summed E-state index contributed by atoms with van der Waals surface area (Å²) in [5.74, 6) is 1.05. The fourth-order valence-corrected chi connectivity index (χ4v) is 2.06. The highest BCUT2D eigenvalue weighted by Gasteiger charge is 2.11. The molecule has 0 unspecified atom stereocenters. The zero-order valence-electron chi connectivity index (χ0n) is 13.4. The first-order valence-corrected chi connectivity index (χ1v) is 7.45. The molecule has 0 saturated carbocycles. The Balaban J connectivity index is 1.76. The molecule has 4 N–H and O–H groups in total. The fourth-order valence-electron chi connectivity index (χ4n) is 2.06. The van der Waals surface area contributed by atoms with Crippen LogP contribution in [0.15, 0.2) is 55.1 Å². The fraction of sp³-hybridized carbons (Fsp3) is 0.0588. The Morgan fingerprint density at radius 1 is 1.12 bits per heavy atom. The van der Waals surface area contributed by atoms with Crippen LogP contribution in [0, 0.1) is 0 Å². The van der Waals surface area contributed by atoms with Crippen LogP contribution in [-0.4, -0.2) is 20.9 Å². The van der Waals surface area contributed by atoms with Crippen molar-refractivity contribution in [1.82, 2.24) is 15.0 Å². The van der Waals surface area contributed by atoms with Crippen LogP contribution in [0.5, 0.6) is 11.6 Å². The van der Waals surface area contributed by atoms with E-state index >= 15 is 0 Å². The number of rotatable bonds is 5. The molecule has 2 aromatic heterocycles. The van der Waals surface area contributed by atoms with Gasteiger partial charge in [-0.1, -0.05) is 0 Å². The van der Waals surface area contributed by atoms with Crippen LogP contribution in [0.25, 0.3) is 0 Å². The van der Waals surface area contributed by atoms with Crippen molar-refractivity contribution >= 4 is 28.8 Å². The predicted molar refractivity (Wildman–Crippen MR) is 94.8 cm³/mol. The second-order valence-electron chi connectivity index (χ2n) is 5.12. The molecule has 126 valence electrons. The maximum atomic E-state index is 11.0. The molecule has 0 aliphatic carbocycles. The molecule has 0 atom stereocenters. The lowest BCUT2D eigenvalue weighted by Crippen LogP contribution is -2.06. The third-order valence-electron chi connectivity index (χ3n) is 3.16. The summed E-state index contributed by atoms with van der Waals surface area (Å²) in [5, 5.41) is 5.80. The molecule has 0 saturated heterocycles. The van der Waals surface area contributed by atoms with Gasteiger partial charge in [0.25, 0.3) is 0 Å². The number of nitrogens with one attached hydrogen (secondary N) is 2. The number of aromatic nitrogens is 3. The van der Waals surface area contributed by atoms with Crippen molar-refractivity contribution in [3.63, 3.8) is 0 Å². The number of carbonyl (C=O) groups excluding carboxylic acids is 1. The van der Waals surface area contributed by atoms with Crippen molar-refractivity contribution < 1.29 is 9.53 Å². The van der Waals surface area contributed by atoms with Gasteiger partial charge in [-0.3, -0.25) is 9.78 Å². The lowest BCUT2D eigenvalue weighted by atomic mass is 10.2. The molecule has 0 aliphatic rings. The van der Waals surface area contributed by atoms with Gasteiger partial charge in [0.05, 0.1) is 6.20 Å². The molecule has 0 bridgehead atoms. The number of pyridine rings is 1. The van der Waals surface area contributed by atoms with Crippen molar-refractivity contribution in [1.29, 1.82) is 0 Å². The summed E-state index contributed by atoms with van der Waals surface area (Å²) in [5.41, 5.74) is 7.82. The molecule has 0 fully saturated rings. The molecular weight excluding hydrogens is 320 g/mol. The van der Waals surface area contributed by atoms with Crippen LogP contribution in [0.4, 0.5) is 22.9 Å². The Morgan fingerprint density at radius 2 is 1.88 bits per heavy atom. The number of amides is 1. The van der Waals surface area contributed by atoms with E-state index in [-0.39, 0.29) is 17.5 Å². The maximum Gasteiger partial charge on any atom is 0.248 e. The summed E-state index contributed by atoms with van der Waals surface area (Å²) in [6, 6.07) is 10.6. The number of carbonyl (C=O) groups is 1. The Labute approximate surface area is 144 Å². The molecule has 0 aliphatic heterocycles. The van der Waals surface area contributed by atoms with E-state index in [9.17, 15) is 4.79 Å². The summed E-state index contributed by atoms with van der Waals surface area (Å²) in [6.07, 6.45) is 4.57. The molecular formula is C17H16N6O2. The minimum Gasteiger partial charge on any atom is -0.435 e. The topological polar surface area (TPSA) is 115 Å². The molecule has 1 amide bonds. The SMILES string of the molecule is CC(=O)Nc1ccc(Nc2ncnc(Oc3cccnc3)c2N)cc1. The minimum atomic E-state index is -0.127. The number of nitrogens with two attached hydrogens (primary N) is 1. The van der Waals surface area contributed by atoms with Gasteiger partial charge >= 0.3 is 0 Å². The van der Waals surface area contributed by atoms with Crippen LogP contribution in [-0.2, 0) is 4.79 Å². The summed E-state index contributed by atoms with van der Waals surface area (Å²) in [7, 11) is 0. The van der Waals surface area contributed by atoms with E-state index in [1.54, 1.807) is 48.8 Å². The van der Waals surface area contributed by atoms with E-state index in [0.717, 1.165) is 5.69 Å². The third-order valence-corrected chi connectivity index (χ3v) is 3.16. The van der Waals surface area contributed by atoms with Gasteiger partial charge in [-0.05, 0) is 36.4 Å². The standard InChI is InChI=1S/C17H16N6O2/c1-11(24)22-12-4-6-13(7-5-12)23-16-15(18)17(21-10-20-16)25-14-3-2-8-19-9-14/h2-10H,18H2,1H3,(H,22,24)(H,20,21,23). The van der Waals surface area contributed by atoms with E-state index in [1.807, 2.05) is 0 Å². The highest BCUT2D eigenvalue weighted by molar-refractivity contribution is 5.89.